The van der Waals surface area contributed by atoms with Gasteiger partial charge in [-0.25, -0.2) is 0 Å². The van der Waals surface area contributed by atoms with Gasteiger partial charge >= 0.3 is 0 Å². The van der Waals surface area contributed by atoms with E-state index < -0.39 is 124 Å². The summed E-state index contributed by atoms with van der Waals surface area (Å²) in [6.07, 6.45) is 0. The summed E-state index contributed by atoms with van der Waals surface area (Å²) in [7, 11) is 0. The first-order valence-electron chi connectivity index (χ1n) is 21.7. The van der Waals surface area contributed by atoms with E-state index in [0.717, 1.165) is 21.9 Å². The number of para-hydroxylation sites is 1. The Morgan fingerprint density at radius 2 is 0.956 bits per heavy atom. The van der Waals surface area contributed by atoms with Gasteiger partial charge < -0.3 is 4.42 Å². The topological polar surface area (TPSA) is 13.1 Å². The number of hydrogen-bond donors (Lipinski definition) is 0. The molecule has 8 aromatic carbocycles. The molecule has 0 saturated carbocycles. The van der Waals surface area contributed by atoms with Gasteiger partial charge in [-0.2, -0.15) is 0 Å². The lowest BCUT2D eigenvalue weighted by molar-refractivity contribution is 0.670. The SMILES string of the molecule is [2H]c1c([2H])c([2H])c(-c2c([2H])c([2H])c([2H])c3c2oc2c([2H])c(-c4c([2H])c([2H])c(-c5c6ccccc6c(-c6ccccc6)c6ccccc56)c([2H])c4[2H])c([2H])c([2H])c23)c([2H])c1[2H]. The second-order valence-corrected chi connectivity index (χ2v) is 10.5. The van der Waals surface area contributed by atoms with Crippen molar-refractivity contribution in [2.45, 2.75) is 0 Å². The first-order chi connectivity index (χ1) is 28.6. The minimum absolute atomic E-state index is 0.0113. The predicted octanol–water partition coefficient (Wildman–Crippen LogP) is 12.6. The number of fused-ring (bicyclic) bond motifs is 5. The minimum Gasteiger partial charge on any atom is -0.455 e. The Hall–Kier alpha value is -5.92. The van der Waals surface area contributed by atoms with Crippen molar-refractivity contribution in [2.24, 2.45) is 0 Å². The molecule has 0 atom stereocenters. The Bertz CT molecular complexity index is 3260. The van der Waals surface area contributed by atoms with E-state index >= 15 is 0 Å². The number of hydrogen-bond acceptors (Lipinski definition) is 1. The molecule has 0 bridgehead atoms. The molecule has 210 valence electrons. The molecule has 0 spiro atoms. The van der Waals surface area contributed by atoms with Gasteiger partial charge in [0.05, 0.1) is 20.6 Å². The normalized spacial score (nSPS) is 16.2. The maximum atomic E-state index is 9.43. The maximum Gasteiger partial charge on any atom is 0.143 e. The highest BCUT2D eigenvalue weighted by atomic mass is 16.3. The van der Waals surface area contributed by atoms with Crippen molar-refractivity contribution >= 4 is 43.5 Å². The van der Waals surface area contributed by atoms with E-state index in [1.165, 1.54) is 0 Å². The lowest BCUT2D eigenvalue weighted by Gasteiger charge is -2.18. The molecule has 0 unspecified atom stereocenters. The summed E-state index contributed by atoms with van der Waals surface area (Å²) < 4.78 is 139. The summed E-state index contributed by atoms with van der Waals surface area (Å²) in [5.74, 6) is 0. The molecule has 0 saturated heterocycles. The molecule has 0 aliphatic heterocycles. The molecule has 45 heavy (non-hydrogen) atoms. The largest absolute Gasteiger partial charge is 0.455 e. The fraction of sp³-hybridized carbons (Fsp3) is 0. The highest BCUT2D eigenvalue weighted by molar-refractivity contribution is 6.21. The molecule has 9 rings (SSSR count). The van der Waals surface area contributed by atoms with E-state index in [2.05, 4.69) is 0 Å². The standard InChI is InChI=1S/C44H28O/c1-3-12-30(13-4-1)34-20-11-21-40-35-27-26-33(28-41(35)45-44(34)40)29-22-24-32(25-23-29)43-38-18-9-7-16-36(38)42(31-14-5-2-6-15-31)37-17-8-10-19-39(37)43/h1-28H/i1D,3D,4D,11D,12D,13D,20D,21D,22D,23D,24D,25D,26D,27D,28D. The van der Waals surface area contributed by atoms with Gasteiger partial charge in [-0.1, -0.05) is 157 Å². The van der Waals surface area contributed by atoms with Crippen LogP contribution in [0.1, 0.15) is 20.6 Å². The van der Waals surface area contributed by atoms with Crippen molar-refractivity contribution in [1.29, 1.82) is 0 Å². The molecule has 9 aromatic rings. The Morgan fingerprint density at radius 3 is 1.62 bits per heavy atom. The van der Waals surface area contributed by atoms with Crippen LogP contribution in [0.3, 0.4) is 0 Å². The smallest absolute Gasteiger partial charge is 0.143 e. The van der Waals surface area contributed by atoms with Crippen LogP contribution in [-0.2, 0) is 0 Å². The van der Waals surface area contributed by atoms with E-state index in [1.807, 2.05) is 78.9 Å². The van der Waals surface area contributed by atoms with E-state index in [0.29, 0.717) is 16.3 Å². The van der Waals surface area contributed by atoms with E-state index in [4.69, 9.17) is 18.1 Å². The van der Waals surface area contributed by atoms with Gasteiger partial charge in [0, 0.05) is 16.3 Å². The zero-order valence-electron chi connectivity index (χ0n) is 38.4. The number of furan rings is 1. The third-order valence-electron chi connectivity index (χ3n) is 7.93. The van der Waals surface area contributed by atoms with Gasteiger partial charge in [-0.05, 0) is 72.6 Å². The molecule has 0 radical (unpaired) electrons. The third-order valence-corrected chi connectivity index (χ3v) is 7.93. The molecule has 1 heterocycles. The van der Waals surface area contributed by atoms with E-state index in [-0.39, 0.29) is 16.3 Å². The Morgan fingerprint density at radius 1 is 0.378 bits per heavy atom. The molecule has 1 heteroatoms. The van der Waals surface area contributed by atoms with Crippen LogP contribution in [0.2, 0.25) is 0 Å². The molecular weight excluding hydrogens is 544 g/mol. The first kappa shape index (κ1) is 14.7. The Labute approximate surface area is 282 Å². The highest BCUT2D eigenvalue weighted by Gasteiger charge is 2.17. The third kappa shape index (κ3) is 4.17. The quantitative estimate of drug-likeness (QED) is 0.187. The monoisotopic (exact) mass is 587 g/mol. The molecule has 0 amide bonds. The van der Waals surface area contributed by atoms with Crippen molar-refractivity contribution in [2.75, 3.05) is 0 Å². The van der Waals surface area contributed by atoms with Crippen LogP contribution in [0.5, 0.6) is 0 Å². The summed E-state index contributed by atoms with van der Waals surface area (Å²) in [4.78, 5) is 0. The van der Waals surface area contributed by atoms with Crippen LogP contribution in [0, 0.1) is 0 Å². The van der Waals surface area contributed by atoms with Gasteiger partial charge in [-0.3, -0.25) is 0 Å². The summed E-state index contributed by atoms with van der Waals surface area (Å²) >= 11 is 0. The zero-order valence-corrected chi connectivity index (χ0v) is 23.4. The van der Waals surface area contributed by atoms with Crippen LogP contribution in [-0.4, -0.2) is 0 Å². The Balaban J connectivity index is 1.36. The fourth-order valence-electron chi connectivity index (χ4n) is 5.97. The fourth-order valence-corrected chi connectivity index (χ4v) is 5.97. The minimum atomic E-state index is -0.728. The summed E-state index contributed by atoms with van der Waals surface area (Å²) in [6, 6.07) is 15.1. The second kappa shape index (κ2) is 10.4. The molecular formula is C44H28O. The van der Waals surface area contributed by atoms with Crippen LogP contribution in [0.25, 0.3) is 88.0 Å². The molecule has 1 nitrogen and oxygen atoms in total. The number of benzene rings is 8. The Kier molecular flexibility index (Phi) is 3.39. The van der Waals surface area contributed by atoms with Crippen LogP contribution < -0.4 is 0 Å². The molecule has 0 N–H and O–H groups in total. The first-order valence-corrected chi connectivity index (χ1v) is 14.2. The van der Waals surface area contributed by atoms with Gasteiger partial charge in [0.25, 0.3) is 0 Å². The zero-order chi connectivity index (χ0) is 42.8. The average molecular weight is 588 g/mol. The summed E-state index contributed by atoms with van der Waals surface area (Å²) in [5, 5.41) is 2.37. The van der Waals surface area contributed by atoms with Crippen molar-refractivity contribution < 1.29 is 25.0 Å². The van der Waals surface area contributed by atoms with Crippen molar-refractivity contribution in [3.63, 3.8) is 0 Å². The molecule has 0 aliphatic carbocycles. The lowest BCUT2D eigenvalue weighted by atomic mass is 9.86. The molecule has 0 fully saturated rings. The van der Waals surface area contributed by atoms with Crippen molar-refractivity contribution in [3.05, 3.63) is 169 Å². The number of rotatable bonds is 4. The van der Waals surface area contributed by atoms with Gasteiger partial charge in [0.2, 0.25) is 0 Å². The summed E-state index contributed by atoms with van der Waals surface area (Å²) in [6.45, 7) is 0. The molecule has 0 aliphatic rings. The van der Waals surface area contributed by atoms with Crippen molar-refractivity contribution in [3.8, 4) is 44.5 Å². The van der Waals surface area contributed by atoms with E-state index in [9.17, 15) is 6.85 Å². The van der Waals surface area contributed by atoms with Gasteiger partial charge in [0.15, 0.2) is 0 Å². The van der Waals surface area contributed by atoms with Gasteiger partial charge in [-0.15, -0.1) is 0 Å². The predicted molar refractivity (Wildman–Crippen MR) is 190 cm³/mol. The average Bonchev–Trinajstić information content (AvgIpc) is 3.66. The van der Waals surface area contributed by atoms with Crippen LogP contribution in [0.4, 0.5) is 0 Å². The van der Waals surface area contributed by atoms with E-state index in [1.54, 1.807) is 0 Å². The van der Waals surface area contributed by atoms with Crippen LogP contribution in [0.15, 0.2) is 174 Å². The summed E-state index contributed by atoms with van der Waals surface area (Å²) in [5.41, 5.74) is -0.441. The van der Waals surface area contributed by atoms with Gasteiger partial charge in [0.1, 0.15) is 11.2 Å². The van der Waals surface area contributed by atoms with Crippen LogP contribution >= 0.6 is 0 Å². The molecule has 1 aromatic heterocycles. The highest BCUT2D eigenvalue weighted by Crippen LogP contribution is 2.44. The second-order valence-electron chi connectivity index (χ2n) is 10.5. The lowest BCUT2D eigenvalue weighted by Crippen LogP contribution is -1.90. The van der Waals surface area contributed by atoms with Crippen molar-refractivity contribution in [1.82, 2.24) is 0 Å². The maximum absolute atomic E-state index is 9.43.